The van der Waals surface area contributed by atoms with Gasteiger partial charge in [0, 0.05) is 5.56 Å². The number of hydrogen-bond donors (Lipinski definition) is 0. The molecule has 0 aromatic heterocycles. The molecule has 0 aliphatic rings. The molecule has 1 unspecified atom stereocenters. The number of esters is 1. The molecule has 2 aromatic carbocycles. The van der Waals surface area contributed by atoms with E-state index in [1.54, 1.807) is 6.07 Å². The zero-order chi connectivity index (χ0) is 18.9. The molecule has 0 saturated carbocycles. The van der Waals surface area contributed by atoms with Gasteiger partial charge in [-0.1, -0.05) is 55.4 Å². The maximum Gasteiger partial charge on any atom is 0.361 e. The third-order valence-electron chi connectivity index (χ3n) is 4.14. The number of rotatable bonds is 8. The lowest BCUT2D eigenvalue weighted by Gasteiger charge is -2.16. The molecule has 0 bridgehead atoms. The average Bonchev–Trinajstić information content (AvgIpc) is 2.67. The van der Waals surface area contributed by atoms with Crippen LogP contribution in [0, 0.1) is 0 Å². The number of carbonyl (C=O) groups excluding carboxylic acids is 1. The fourth-order valence-corrected chi connectivity index (χ4v) is 2.47. The summed E-state index contributed by atoms with van der Waals surface area (Å²) in [5.74, 6) is 1.15. The summed E-state index contributed by atoms with van der Waals surface area (Å²) in [5.41, 5.74) is 2.10. The fraction of sp³-hybridized carbons (Fsp3) is 0.333. The zero-order valence-electron chi connectivity index (χ0n) is 15.7. The largest absolute Gasteiger partial charge is 0.488 e. The topological polar surface area (TPSA) is 57.1 Å². The van der Waals surface area contributed by atoms with E-state index in [-0.39, 0.29) is 5.71 Å². The quantitative estimate of drug-likeness (QED) is 0.298. The highest BCUT2D eigenvalue weighted by atomic mass is 16.6. The Kier molecular flexibility index (Phi) is 7.21. The summed E-state index contributed by atoms with van der Waals surface area (Å²) < 4.78 is 11.4. The minimum Gasteiger partial charge on any atom is -0.488 e. The lowest BCUT2D eigenvalue weighted by Crippen LogP contribution is -2.18. The highest BCUT2D eigenvalue weighted by Gasteiger charge is 2.14. The van der Waals surface area contributed by atoms with Crippen LogP contribution in [0.3, 0.4) is 0 Å². The van der Waals surface area contributed by atoms with Crippen LogP contribution in [0.5, 0.6) is 11.5 Å². The molecule has 0 amide bonds. The van der Waals surface area contributed by atoms with E-state index in [2.05, 4.69) is 29.9 Å². The van der Waals surface area contributed by atoms with E-state index in [1.165, 1.54) is 19.6 Å². The second-order valence-electron chi connectivity index (χ2n) is 5.99. The van der Waals surface area contributed by atoms with Crippen LogP contribution in [0.2, 0.25) is 0 Å². The first-order valence-corrected chi connectivity index (χ1v) is 8.66. The van der Waals surface area contributed by atoms with Crippen molar-refractivity contribution in [3.05, 3.63) is 59.7 Å². The SMILES string of the molecule is CCC(C)c1ccccc1OCc1ccccc1OC(=O)C(C)=NOC. The van der Waals surface area contributed by atoms with Crippen molar-refractivity contribution in [3.63, 3.8) is 0 Å². The Morgan fingerprint density at radius 2 is 1.73 bits per heavy atom. The molecule has 0 heterocycles. The predicted octanol–water partition coefficient (Wildman–Crippen LogP) is 4.71. The standard InChI is InChI=1S/C21H25NO4/c1-5-15(2)18-11-7-9-13-20(18)25-14-17-10-6-8-12-19(17)26-21(23)16(3)22-24-4/h6-13,15H,5,14H2,1-4H3. The van der Waals surface area contributed by atoms with Gasteiger partial charge in [0.2, 0.25) is 0 Å². The van der Waals surface area contributed by atoms with Gasteiger partial charge in [-0.3, -0.25) is 0 Å². The Labute approximate surface area is 154 Å². The molecule has 0 spiro atoms. The number of carbonyl (C=O) groups is 1. The number of para-hydroxylation sites is 2. The van der Waals surface area contributed by atoms with Crippen molar-refractivity contribution < 1.29 is 19.1 Å². The summed E-state index contributed by atoms with van der Waals surface area (Å²) in [6, 6.07) is 15.3. The lowest BCUT2D eigenvalue weighted by atomic mass is 9.98. The van der Waals surface area contributed by atoms with Crippen molar-refractivity contribution in [3.8, 4) is 11.5 Å². The molecule has 5 nitrogen and oxygen atoms in total. The molecule has 2 aromatic rings. The van der Waals surface area contributed by atoms with E-state index in [4.69, 9.17) is 9.47 Å². The van der Waals surface area contributed by atoms with Crippen LogP contribution in [0.1, 0.15) is 44.2 Å². The maximum atomic E-state index is 12.0. The van der Waals surface area contributed by atoms with Gasteiger partial charge < -0.3 is 14.3 Å². The van der Waals surface area contributed by atoms with Gasteiger partial charge >= 0.3 is 5.97 Å². The summed E-state index contributed by atoms with van der Waals surface area (Å²) in [5, 5.41) is 3.60. The van der Waals surface area contributed by atoms with Crippen molar-refractivity contribution in [1.29, 1.82) is 0 Å². The molecule has 26 heavy (non-hydrogen) atoms. The van der Waals surface area contributed by atoms with Crippen LogP contribution in [0.25, 0.3) is 0 Å². The molecule has 0 radical (unpaired) electrons. The van der Waals surface area contributed by atoms with Crippen molar-refractivity contribution in [1.82, 2.24) is 0 Å². The monoisotopic (exact) mass is 355 g/mol. The van der Waals surface area contributed by atoms with Crippen molar-refractivity contribution in [2.75, 3.05) is 7.11 Å². The summed E-state index contributed by atoms with van der Waals surface area (Å²) in [6.45, 7) is 6.17. The van der Waals surface area contributed by atoms with Gasteiger partial charge in [0.1, 0.15) is 25.2 Å². The third kappa shape index (κ3) is 5.09. The van der Waals surface area contributed by atoms with Crippen LogP contribution in [0.4, 0.5) is 0 Å². The first-order valence-electron chi connectivity index (χ1n) is 8.66. The average molecular weight is 355 g/mol. The van der Waals surface area contributed by atoms with Crippen molar-refractivity contribution in [2.45, 2.75) is 39.7 Å². The Morgan fingerprint density at radius 3 is 2.42 bits per heavy atom. The molecule has 0 aliphatic heterocycles. The number of hydrogen-bond acceptors (Lipinski definition) is 5. The molecule has 0 aliphatic carbocycles. The molecule has 1 atom stereocenters. The summed E-state index contributed by atoms with van der Waals surface area (Å²) in [6.07, 6.45) is 1.03. The van der Waals surface area contributed by atoms with E-state index in [9.17, 15) is 4.79 Å². The normalized spacial score (nSPS) is 12.4. The van der Waals surface area contributed by atoms with E-state index < -0.39 is 5.97 Å². The number of ether oxygens (including phenoxy) is 2. The van der Waals surface area contributed by atoms with E-state index in [0.717, 1.165) is 17.7 Å². The Morgan fingerprint density at radius 1 is 1.08 bits per heavy atom. The minimum atomic E-state index is -0.556. The molecule has 138 valence electrons. The number of benzene rings is 2. The Hall–Kier alpha value is -2.82. The smallest absolute Gasteiger partial charge is 0.361 e. The molecular formula is C21H25NO4. The highest BCUT2D eigenvalue weighted by Crippen LogP contribution is 2.30. The zero-order valence-corrected chi connectivity index (χ0v) is 15.7. The minimum absolute atomic E-state index is 0.144. The molecule has 0 saturated heterocycles. The van der Waals surface area contributed by atoms with Gasteiger partial charge in [-0.25, -0.2) is 4.79 Å². The van der Waals surface area contributed by atoms with Gasteiger partial charge in [0.25, 0.3) is 0 Å². The van der Waals surface area contributed by atoms with Crippen LogP contribution in [-0.2, 0) is 16.2 Å². The van der Waals surface area contributed by atoms with Crippen LogP contribution in [0.15, 0.2) is 53.7 Å². The molecule has 2 rings (SSSR count). The number of nitrogens with zero attached hydrogens (tertiary/aromatic N) is 1. The third-order valence-corrected chi connectivity index (χ3v) is 4.14. The van der Waals surface area contributed by atoms with Crippen LogP contribution < -0.4 is 9.47 Å². The summed E-state index contributed by atoms with van der Waals surface area (Å²) in [7, 11) is 1.38. The van der Waals surface area contributed by atoms with Crippen LogP contribution in [-0.4, -0.2) is 18.8 Å². The highest BCUT2D eigenvalue weighted by molar-refractivity contribution is 6.35. The summed E-state index contributed by atoms with van der Waals surface area (Å²) in [4.78, 5) is 16.6. The maximum absolute atomic E-state index is 12.0. The van der Waals surface area contributed by atoms with Gasteiger partial charge in [0.15, 0.2) is 5.71 Å². The molecule has 0 N–H and O–H groups in total. The van der Waals surface area contributed by atoms with Crippen molar-refractivity contribution >= 4 is 11.7 Å². The first kappa shape index (κ1) is 19.5. The second kappa shape index (κ2) is 9.61. The van der Waals surface area contributed by atoms with Crippen molar-refractivity contribution in [2.24, 2.45) is 5.16 Å². The van der Waals surface area contributed by atoms with E-state index in [0.29, 0.717) is 18.3 Å². The van der Waals surface area contributed by atoms with Gasteiger partial charge in [0.05, 0.1) is 0 Å². The molecular weight excluding hydrogens is 330 g/mol. The first-order chi connectivity index (χ1) is 12.6. The summed E-state index contributed by atoms with van der Waals surface area (Å²) >= 11 is 0. The molecule has 5 heteroatoms. The van der Waals surface area contributed by atoms with Gasteiger partial charge in [-0.15, -0.1) is 0 Å². The lowest BCUT2D eigenvalue weighted by molar-refractivity contribution is -0.127. The second-order valence-corrected chi connectivity index (χ2v) is 5.99. The Balaban J connectivity index is 2.15. The van der Waals surface area contributed by atoms with E-state index >= 15 is 0 Å². The predicted molar refractivity (Wildman–Crippen MR) is 102 cm³/mol. The number of oxime groups is 1. The van der Waals surface area contributed by atoms with Gasteiger partial charge in [-0.05, 0) is 37.0 Å². The molecule has 0 fully saturated rings. The van der Waals surface area contributed by atoms with E-state index in [1.807, 2.05) is 36.4 Å². The van der Waals surface area contributed by atoms with Crippen LogP contribution >= 0.6 is 0 Å². The van der Waals surface area contributed by atoms with Gasteiger partial charge in [-0.2, -0.15) is 0 Å². The fourth-order valence-electron chi connectivity index (χ4n) is 2.47. The Bertz CT molecular complexity index is 770.